The van der Waals surface area contributed by atoms with E-state index in [4.69, 9.17) is 11.6 Å². The molecule has 7 heteroatoms. The lowest BCUT2D eigenvalue weighted by atomic mass is 10.1. The molecule has 2 amide bonds. The van der Waals surface area contributed by atoms with Crippen LogP contribution in [0.2, 0.25) is 5.02 Å². The average Bonchev–Trinajstić information content (AvgIpc) is 3.33. The van der Waals surface area contributed by atoms with Crippen molar-refractivity contribution in [2.45, 2.75) is 0 Å². The molecule has 0 saturated carbocycles. The first-order valence-corrected chi connectivity index (χ1v) is 9.26. The Morgan fingerprint density at radius 1 is 0.724 bits per heavy atom. The zero-order valence-electron chi connectivity index (χ0n) is 15.0. The molecule has 1 aromatic heterocycles. The first-order valence-electron chi connectivity index (χ1n) is 8.88. The molecule has 0 N–H and O–H groups in total. The van der Waals surface area contributed by atoms with Gasteiger partial charge in [-0.25, -0.2) is 9.58 Å². The van der Waals surface area contributed by atoms with E-state index in [-0.39, 0.29) is 11.8 Å². The molecule has 3 aromatic carbocycles. The monoisotopic (exact) mass is 400 g/mol. The molecule has 140 valence electrons. The van der Waals surface area contributed by atoms with Crippen LogP contribution in [0.5, 0.6) is 0 Å². The van der Waals surface area contributed by atoms with Gasteiger partial charge in [-0.3, -0.25) is 9.59 Å². The van der Waals surface area contributed by atoms with Crippen molar-refractivity contribution in [2.24, 2.45) is 0 Å². The normalized spacial score (nSPS) is 13.1. The van der Waals surface area contributed by atoms with Gasteiger partial charge in [0, 0.05) is 10.6 Å². The summed E-state index contributed by atoms with van der Waals surface area (Å²) in [5.41, 5.74) is 3.82. The van der Waals surface area contributed by atoms with Gasteiger partial charge < -0.3 is 0 Å². The minimum Gasteiger partial charge on any atom is -0.268 e. The molecular weight excluding hydrogens is 388 g/mol. The number of carbonyl (C=O) groups excluding carboxylic acids is 2. The van der Waals surface area contributed by atoms with Gasteiger partial charge in [0.2, 0.25) is 0 Å². The summed E-state index contributed by atoms with van der Waals surface area (Å²) in [4.78, 5) is 26.5. The average molecular weight is 401 g/mol. The number of halogens is 1. The predicted octanol–water partition coefficient (Wildman–Crippen LogP) is 4.39. The maximum atomic E-state index is 12.7. The van der Waals surface area contributed by atoms with Crippen LogP contribution in [0.4, 0.5) is 5.69 Å². The number of amides is 2. The van der Waals surface area contributed by atoms with Gasteiger partial charge in [0.1, 0.15) is 0 Å². The largest absolute Gasteiger partial charge is 0.268 e. The van der Waals surface area contributed by atoms with Crippen LogP contribution in [0, 0.1) is 0 Å². The molecule has 29 heavy (non-hydrogen) atoms. The van der Waals surface area contributed by atoms with Gasteiger partial charge in [-0.15, -0.1) is 5.10 Å². The standard InChI is InChI=1S/C22H13ClN4O2/c23-15-7-5-14(6-8-15)20-13-24-25-27(20)17-11-9-16(10-12-17)26-21(28)18-3-1-2-4-19(18)22(26)29/h1-13H. The molecule has 5 rings (SSSR count). The van der Waals surface area contributed by atoms with E-state index in [1.807, 2.05) is 12.1 Å². The lowest BCUT2D eigenvalue weighted by molar-refractivity contribution is 0.0926. The number of hydrogen-bond donors (Lipinski definition) is 0. The molecule has 0 bridgehead atoms. The summed E-state index contributed by atoms with van der Waals surface area (Å²) in [6.07, 6.45) is 1.67. The summed E-state index contributed by atoms with van der Waals surface area (Å²) in [5.74, 6) is -0.637. The summed E-state index contributed by atoms with van der Waals surface area (Å²) in [6.45, 7) is 0. The van der Waals surface area contributed by atoms with Gasteiger partial charge in [0.25, 0.3) is 11.8 Å². The molecular formula is C22H13ClN4O2. The number of aromatic nitrogens is 3. The highest BCUT2D eigenvalue weighted by atomic mass is 35.5. The maximum absolute atomic E-state index is 12.7. The summed E-state index contributed by atoms with van der Waals surface area (Å²) < 4.78 is 1.69. The summed E-state index contributed by atoms with van der Waals surface area (Å²) >= 11 is 5.97. The number of nitrogens with zero attached hydrogens (tertiary/aromatic N) is 4. The second kappa shape index (κ2) is 6.68. The SMILES string of the molecule is O=C1c2ccccc2C(=O)N1c1ccc(-n2nncc2-c2ccc(Cl)cc2)cc1. The van der Waals surface area contributed by atoms with Crippen LogP contribution >= 0.6 is 11.6 Å². The van der Waals surface area contributed by atoms with Gasteiger partial charge in [0.15, 0.2) is 0 Å². The fourth-order valence-corrected chi connectivity index (χ4v) is 3.54. The highest BCUT2D eigenvalue weighted by Gasteiger charge is 2.36. The first-order chi connectivity index (χ1) is 14.1. The second-order valence-corrected chi connectivity index (χ2v) is 6.98. The van der Waals surface area contributed by atoms with Gasteiger partial charge in [-0.2, -0.15) is 0 Å². The maximum Gasteiger partial charge on any atom is 0.266 e. The quantitative estimate of drug-likeness (QED) is 0.478. The van der Waals surface area contributed by atoms with E-state index >= 15 is 0 Å². The molecule has 0 radical (unpaired) electrons. The van der Waals surface area contributed by atoms with E-state index in [0.29, 0.717) is 21.8 Å². The topological polar surface area (TPSA) is 68.1 Å². The summed E-state index contributed by atoms with van der Waals surface area (Å²) in [5, 5.41) is 8.82. The Morgan fingerprint density at radius 3 is 1.93 bits per heavy atom. The van der Waals surface area contributed by atoms with E-state index in [1.54, 1.807) is 71.5 Å². The van der Waals surface area contributed by atoms with Gasteiger partial charge >= 0.3 is 0 Å². The Kier molecular flexibility index (Phi) is 4.00. The Hall–Kier alpha value is -3.77. The molecule has 0 fully saturated rings. The highest BCUT2D eigenvalue weighted by Crippen LogP contribution is 2.29. The van der Waals surface area contributed by atoms with E-state index < -0.39 is 0 Å². The Balaban J connectivity index is 1.49. The molecule has 2 heterocycles. The highest BCUT2D eigenvalue weighted by molar-refractivity contribution is 6.34. The fraction of sp³-hybridized carbons (Fsp3) is 0. The number of carbonyl (C=O) groups is 2. The van der Waals surface area contributed by atoms with Crippen LogP contribution in [0.3, 0.4) is 0 Å². The van der Waals surface area contributed by atoms with Crippen molar-refractivity contribution in [3.05, 3.63) is 95.1 Å². The van der Waals surface area contributed by atoms with Crippen molar-refractivity contribution in [3.63, 3.8) is 0 Å². The van der Waals surface area contributed by atoms with Crippen molar-refractivity contribution in [1.82, 2.24) is 15.0 Å². The molecule has 0 unspecified atom stereocenters. The lowest BCUT2D eigenvalue weighted by Crippen LogP contribution is -2.29. The molecule has 4 aromatic rings. The molecule has 1 aliphatic heterocycles. The van der Waals surface area contributed by atoms with Crippen molar-refractivity contribution < 1.29 is 9.59 Å². The van der Waals surface area contributed by atoms with Gasteiger partial charge in [-0.05, 0) is 48.5 Å². The third-order valence-corrected chi connectivity index (χ3v) is 5.09. The third kappa shape index (κ3) is 2.81. The zero-order valence-corrected chi connectivity index (χ0v) is 15.7. The Bertz CT molecular complexity index is 1210. The van der Waals surface area contributed by atoms with Crippen LogP contribution in [0.15, 0.2) is 79.0 Å². The molecule has 1 aliphatic rings. The van der Waals surface area contributed by atoms with Gasteiger partial charge in [-0.1, -0.05) is 41.1 Å². The number of benzene rings is 3. The smallest absolute Gasteiger partial charge is 0.266 e. The lowest BCUT2D eigenvalue weighted by Gasteiger charge is -2.14. The van der Waals surface area contributed by atoms with E-state index in [1.165, 1.54) is 4.90 Å². The molecule has 6 nitrogen and oxygen atoms in total. The van der Waals surface area contributed by atoms with E-state index in [2.05, 4.69) is 10.3 Å². The molecule has 0 spiro atoms. The van der Waals surface area contributed by atoms with Crippen molar-refractivity contribution in [2.75, 3.05) is 4.90 Å². The van der Waals surface area contributed by atoms with E-state index in [9.17, 15) is 9.59 Å². The number of imide groups is 1. The predicted molar refractivity (Wildman–Crippen MR) is 109 cm³/mol. The van der Waals surface area contributed by atoms with Crippen molar-refractivity contribution in [1.29, 1.82) is 0 Å². The second-order valence-electron chi connectivity index (χ2n) is 6.55. The van der Waals surface area contributed by atoms with Crippen LogP contribution in [0.1, 0.15) is 20.7 Å². The van der Waals surface area contributed by atoms with Crippen molar-refractivity contribution in [3.8, 4) is 16.9 Å². The minimum atomic E-state index is -0.319. The Morgan fingerprint density at radius 2 is 1.31 bits per heavy atom. The summed E-state index contributed by atoms with van der Waals surface area (Å²) in [6, 6.07) is 21.3. The molecule has 0 atom stereocenters. The fourth-order valence-electron chi connectivity index (χ4n) is 3.41. The van der Waals surface area contributed by atoms with Crippen LogP contribution < -0.4 is 4.90 Å². The molecule has 0 saturated heterocycles. The van der Waals surface area contributed by atoms with Crippen LogP contribution in [0.25, 0.3) is 16.9 Å². The first kappa shape index (κ1) is 17.3. The summed E-state index contributed by atoms with van der Waals surface area (Å²) in [7, 11) is 0. The van der Waals surface area contributed by atoms with E-state index in [0.717, 1.165) is 16.9 Å². The van der Waals surface area contributed by atoms with Crippen molar-refractivity contribution >= 4 is 29.1 Å². The zero-order chi connectivity index (χ0) is 20.0. The molecule has 0 aliphatic carbocycles. The minimum absolute atomic E-state index is 0.319. The number of hydrogen-bond acceptors (Lipinski definition) is 4. The number of rotatable bonds is 3. The third-order valence-electron chi connectivity index (χ3n) is 4.84. The number of anilines is 1. The Labute approximate surface area is 171 Å². The van der Waals surface area contributed by atoms with Gasteiger partial charge in [0.05, 0.1) is 34.4 Å². The van der Waals surface area contributed by atoms with Crippen LogP contribution in [-0.4, -0.2) is 26.8 Å². The van der Waals surface area contributed by atoms with Crippen LogP contribution in [-0.2, 0) is 0 Å². The number of fused-ring (bicyclic) bond motifs is 1.